The molecule has 0 aromatic heterocycles. The Bertz CT molecular complexity index is 257. The van der Waals surface area contributed by atoms with Gasteiger partial charge in [-0.3, -0.25) is 0 Å². The van der Waals surface area contributed by atoms with Crippen molar-refractivity contribution in [3.05, 3.63) is 0 Å². The molecule has 4 nitrogen and oxygen atoms in total. The number of carbonyl (C=O) groups is 1. The second-order valence-electron chi connectivity index (χ2n) is 3.37. The summed E-state index contributed by atoms with van der Waals surface area (Å²) in [6.45, 7) is 3.49. The van der Waals surface area contributed by atoms with E-state index in [0.717, 1.165) is 12.8 Å². The third-order valence-electron chi connectivity index (χ3n) is 2.43. The average molecular weight is 229 g/mol. The fraction of sp³-hybridized carbons (Fsp3) is 0.800. The lowest BCUT2D eigenvalue weighted by atomic mass is 9.92. The lowest BCUT2D eigenvalue weighted by Gasteiger charge is -2.25. The van der Waals surface area contributed by atoms with Crippen LogP contribution in [0.1, 0.15) is 19.8 Å². The molecule has 1 fully saturated rings. The van der Waals surface area contributed by atoms with Crippen LogP contribution in [0.15, 0.2) is 4.99 Å². The van der Waals surface area contributed by atoms with Gasteiger partial charge in [0.05, 0.1) is 11.8 Å². The number of hydrogen-bond acceptors (Lipinski definition) is 5. The molecule has 1 saturated heterocycles. The van der Waals surface area contributed by atoms with E-state index in [4.69, 9.17) is 9.47 Å². The van der Waals surface area contributed by atoms with Crippen molar-refractivity contribution < 1.29 is 14.3 Å². The minimum atomic E-state index is -0.494. The number of aliphatic imine (C=N–C) groups is 1. The molecule has 1 aliphatic heterocycles. The van der Waals surface area contributed by atoms with Gasteiger partial charge in [-0.05, 0) is 37.9 Å². The zero-order valence-corrected chi connectivity index (χ0v) is 9.59. The van der Waals surface area contributed by atoms with Crippen LogP contribution in [0.25, 0.3) is 0 Å². The van der Waals surface area contributed by atoms with Gasteiger partial charge in [0.1, 0.15) is 0 Å². The van der Waals surface area contributed by atoms with Crippen molar-refractivity contribution in [3.63, 3.8) is 0 Å². The number of esters is 1. The molecule has 0 radical (unpaired) electrons. The number of thiocarbonyl (C=S) groups is 1. The van der Waals surface area contributed by atoms with Crippen LogP contribution < -0.4 is 0 Å². The predicted molar refractivity (Wildman–Crippen MR) is 59.0 cm³/mol. The minimum absolute atomic E-state index is 0.174. The summed E-state index contributed by atoms with van der Waals surface area (Å²) in [6.07, 6.45) is 1.65. The highest BCUT2D eigenvalue weighted by atomic mass is 32.1. The molecule has 15 heavy (non-hydrogen) atoms. The first-order chi connectivity index (χ1) is 7.29. The number of carbonyl (C=O) groups excluding carboxylic acids is 1. The van der Waals surface area contributed by atoms with Crippen LogP contribution in [0, 0.1) is 5.92 Å². The quantitative estimate of drug-likeness (QED) is 0.416. The van der Waals surface area contributed by atoms with E-state index in [0.29, 0.717) is 19.8 Å². The highest BCUT2D eigenvalue weighted by Gasteiger charge is 2.30. The van der Waals surface area contributed by atoms with E-state index in [-0.39, 0.29) is 11.9 Å². The highest BCUT2D eigenvalue weighted by Crippen LogP contribution is 2.21. The maximum absolute atomic E-state index is 11.6. The van der Waals surface area contributed by atoms with E-state index in [1.165, 1.54) is 0 Å². The number of nitrogens with zero attached hydrogens (tertiary/aromatic N) is 1. The van der Waals surface area contributed by atoms with Crippen LogP contribution in [0.3, 0.4) is 0 Å². The lowest BCUT2D eigenvalue weighted by Crippen LogP contribution is -2.33. The SMILES string of the molecule is CCOC(=O)C(N=C=S)C1CCOCC1. The highest BCUT2D eigenvalue weighted by molar-refractivity contribution is 7.78. The van der Waals surface area contributed by atoms with Gasteiger partial charge in [-0.15, -0.1) is 0 Å². The van der Waals surface area contributed by atoms with Crippen LogP contribution in [0.2, 0.25) is 0 Å². The molecule has 1 rings (SSSR count). The molecule has 0 bridgehead atoms. The molecule has 0 saturated carbocycles. The van der Waals surface area contributed by atoms with Crippen LogP contribution in [-0.2, 0) is 14.3 Å². The zero-order chi connectivity index (χ0) is 11.1. The summed E-state index contributed by atoms with van der Waals surface area (Å²) in [5.41, 5.74) is 0. The first-order valence-electron chi connectivity index (χ1n) is 5.11. The summed E-state index contributed by atoms with van der Waals surface area (Å²) in [5, 5.41) is 2.27. The maximum atomic E-state index is 11.6. The number of hydrogen-bond donors (Lipinski definition) is 0. The lowest BCUT2D eigenvalue weighted by molar-refractivity contribution is -0.146. The monoisotopic (exact) mass is 229 g/mol. The summed E-state index contributed by atoms with van der Waals surface area (Å²) in [6, 6.07) is -0.494. The molecule has 0 aliphatic carbocycles. The number of ether oxygens (including phenoxy) is 2. The first-order valence-corrected chi connectivity index (χ1v) is 5.51. The summed E-state index contributed by atoms with van der Waals surface area (Å²) in [7, 11) is 0. The molecular formula is C10H15NO3S. The van der Waals surface area contributed by atoms with E-state index < -0.39 is 6.04 Å². The van der Waals surface area contributed by atoms with Gasteiger partial charge in [0, 0.05) is 13.2 Å². The zero-order valence-electron chi connectivity index (χ0n) is 8.77. The molecule has 1 atom stereocenters. The summed E-state index contributed by atoms with van der Waals surface area (Å²) in [4.78, 5) is 15.5. The van der Waals surface area contributed by atoms with Gasteiger partial charge < -0.3 is 9.47 Å². The van der Waals surface area contributed by atoms with Gasteiger partial charge in [0.15, 0.2) is 6.04 Å². The van der Waals surface area contributed by atoms with E-state index in [2.05, 4.69) is 22.4 Å². The van der Waals surface area contributed by atoms with Gasteiger partial charge in [-0.2, -0.15) is 0 Å². The van der Waals surface area contributed by atoms with Crippen molar-refractivity contribution in [1.29, 1.82) is 0 Å². The summed E-state index contributed by atoms with van der Waals surface area (Å²) in [5.74, 6) is -0.130. The van der Waals surface area contributed by atoms with Gasteiger partial charge in [0.2, 0.25) is 0 Å². The number of rotatable bonds is 4. The molecule has 0 spiro atoms. The van der Waals surface area contributed by atoms with Crippen LogP contribution in [0.4, 0.5) is 0 Å². The number of isothiocyanates is 1. The normalized spacial score (nSPS) is 19.0. The Morgan fingerprint density at radius 2 is 2.33 bits per heavy atom. The van der Waals surface area contributed by atoms with Crippen LogP contribution in [-0.4, -0.2) is 37.0 Å². The Hall–Kier alpha value is -0.770. The first kappa shape index (κ1) is 12.3. The Morgan fingerprint density at radius 1 is 1.67 bits per heavy atom. The van der Waals surface area contributed by atoms with Crippen molar-refractivity contribution in [2.45, 2.75) is 25.8 Å². The standard InChI is InChI=1S/C10H15NO3S/c1-2-14-10(12)9(11-7-15)8-3-5-13-6-4-8/h8-9H,2-6H2,1H3. The Balaban J connectivity index is 2.62. The smallest absolute Gasteiger partial charge is 0.332 e. The van der Waals surface area contributed by atoms with Crippen molar-refractivity contribution in [3.8, 4) is 0 Å². The van der Waals surface area contributed by atoms with Crippen molar-refractivity contribution in [2.75, 3.05) is 19.8 Å². The van der Waals surface area contributed by atoms with E-state index in [9.17, 15) is 4.79 Å². The van der Waals surface area contributed by atoms with Gasteiger partial charge in [0.25, 0.3) is 0 Å². The second kappa shape index (κ2) is 6.67. The fourth-order valence-electron chi connectivity index (χ4n) is 1.67. The van der Waals surface area contributed by atoms with Crippen molar-refractivity contribution >= 4 is 23.3 Å². The second-order valence-corrected chi connectivity index (χ2v) is 3.55. The fourth-order valence-corrected chi connectivity index (χ4v) is 1.78. The minimum Gasteiger partial charge on any atom is -0.464 e. The van der Waals surface area contributed by atoms with Crippen molar-refractivity contribution in [1.82, 2.24) is 0 Å². The molecule has 0 aromatic rings. The van der Waals surface area contributed by atoms with E-state index in [1.807, 2.05) is 0 Å². The van der Waals surface area contributed by atoms with Gasteiger partial charge in [-0.25, -0.2) is 9.79 Å². The molecule has 0 amide bonds. The maximum Gasteiger partial charge on any atom is 0.332 e. The van der Waals surface area contributed by atoms with Crippen molar-refractivity contribution in [2.24, 2.45) is 10.9 Å². The largest absolute Gasteiger partial charge is 0.464 e. The summed E-state index contributed by atoms with van der Waals surface area (Å²) < 4.78 is 10.2. The van der Waals surface area contributed by atoms with Gasteiger partial charge >= 0.3 is 5.97 Å². The molecular weight excluding hydrogens is 214 g/mol. The molecule has 1 heterocycles. The van der Waals surface area contributed by atoms with Crippen LogP contribution >= 0.6 is 12.2 Å². The molecule has 1 aliphatic rings. The average Bonchev–Trinajstić information content (AvgIpc) is 2.27. The molecule has 0 aromatic carbocycles. The molecule has 1 unspecified atom stereocenters. The Morgan fingerprint density at radius 3 is 2.87 bits per heavy atom. The predicted octanol–water partition coefficient (Wildman–Crippen LogP) is 1.45. The third-order valence-corrected chi connectivity index (χ3v) is 2.54. The van der Waals surface area contributed by atoms with Crippen LogP contribution in [0.5, 0.6) is 0 Å². The van der Waals surface area contributed by atoms with E-state index in [1.54, 1.807) is 6.92 Å². The van der Waals surface area contributed by atoms with E-state index >= 15 is 0 Å². The molecule has 5 heteroatoms. The summed E-state index contributed by atoms with van der Waals surface area (Å²) >= 11 is 4.55. The van der Waals surface area contributed by atoms with Gasteiger partial charge in [-0.1, -0.05) is 0 Å². The topological polar surface area (TPSA) is 47.9 Å². The third kappa shape index (κ3) is 3.70. The Labute approximate surface area is 94.7 Å². The molecule has 0 N–H and O–H groups in total. The molecule has 84 valence electrons. The Kier molecular flexibility index (Phi) is 5.47.